The van der Waals surface area contributed by atoms with E-state index in [4.69, 9.17) is 47.4 Å². The van der Waals surface area contributed by atoms with Gasteiger partial charge < -0.3 is 57.0 Å². The highest BCUT2D eigenvalue weighted by Gasteiger charge is 2.30. The molecule has 0 radical (unpaired) electrons. The Morgan fingerprint density at radius 2 is 0.800 bits per heavy atom. The van der Waals surface area contributed by atoms with Crippen molar-refractivity contribution in [3.05, 3.63) is 12.2 Å². The van der Waals surface area contributed by atoms with E-state index >= 15 is 0 Å². The van der Waals surface area contributed by atoms with Gasteiger partial charge in [0.1, 0.15) is 11.2 Å². The van der Waals surface area contributed by atoms with Crippen LogP contribution < -0.4 is 0 Å². The summed E-state index contributed by atoms with van der Waals surface area (Å²) >= 11 is 0. The average molecular weight is 725 g/mol. The Balaban J connectivity index is 3.52. The fourth-order valence-electron chi connectivity index (χ4n) is 3.40. The first-order chi connectivity index (χ1) is 23.7. The largest absolute Gasteiger partial charge is 0.466 e. The molecule has 50 heavy (non-hydrogen) atoms. The summed E-state index contributed by atoms with van der Waals surface area (Å²) in [7, 11) is 3.29. The van der Waals surface area contributed by atoms with Gasteiger partial charge in [-0.1, -0.05) is 6.08 Å². The van der Waals surface area contributed by atoms with Crippen LogP contribution in [0.15, 0.2) is 12.2 Å². The minimum atomic E-state index is -0.788. The number of imide groups is 1. The Morgan fingerprint density at radius 1 is 0.500 bits per heavy atom. The molecule has 0 rings (SSSR count). The molecule has 16 heteroatoms. The van der Waals surface area contributed by atoms with Crippen LogP contribution in [0.1, 0.15) is 41.5 Å². The number of amides is 2. The van der Waals surface area contributed by atoms with Gasteiger partial charge in [-0.3, -0.25) is 0 Å². The first kappa shape index (κ1) is 47.6. The Morgan fingerprint density at radius 3 is 1.10 bits per heavy atom. The summed E-state index contributed by atoms with van der Waals surface area (Å²) in [5, 5.41) is 0. The zero-order chi connectivity index (χ0) is 37.5. The highest BCUT2D eigenvalue weighted by atomic mass is 16.6. The molecule has 0 atom stereocenters. The number of ether oxygens (including phenoxy) is 11. The maximum Gasteiger partial charge on any atom is 0.419 e. The summed E-state index contributed by atoms with van der Waals surface area (Å²) in [5.41, 5.74) is -1.51. The lowest BCUT2D eigenvalue weighted by atomic mass is 10.2. The Labute approximate surface area is 298 Å². The molecule has 0 aromatic carbocycles. The number of likely N-dealkylation sites (N-methyl/N-ethyl adjacent to an activating group) is 1. The van der Waals surface area contributed by atoms with E-state index in [9.17, 15) is 14.4 Å². The molecule has 0 fully saturated rings. The van der Waals surface area contributed by atoms with Crippen molar-refractivity contribution in [3.8, 4) is 0 Å². The molecule has 0 aliphatic carbocycles. The van der Waals surface area contributed by atoms with Crippen molar-refractivity contribution in [2.75, 3.05) is 140 Å². The smallest absolute Gasteiger partial charge is 0.419 e. The number of hydrogen-bond donors (Lipinski definition) is 0. The van der Waals surface area contributed by atoms with E-state index in [1.54, 1.807) is 47.6 Å². The standard InChI is InChI=1S/C34H64N2O14/c1-33(2,3)49-31(38)36(32(39)50-34(4,5)6)13-15-42-17-19-44-21-23-46-25-27-48-29-28-47-26-24-45-22-20-43-18-16-41-14-12-35(7)11-9-10-30(37)40-8/h9-10H,11-29H2,1-8H3/b10-9+. The molecule has 0 aromatic heterocycles. The number of hydrogen-bond acceptors (Lipinski definition) is 15. The highest BCUT2D eigenvalue weighted by Crippen LogP contribution is 2.14. The summed E-state index contributed by atoms with van der Waals surface area (Å²) in [6.07, 6.45) is 1.58. The number of esters is 1. The van der Waals surface area contributed by atoms with E-state index in [0.29, 0.717) is 99.0 Å². The topological polar surface area (TPSA) is 159 Å². The zero-order valence-electron chi connectivity index (χ0n) is 31.7. The van der Waals surface area contributed by atoms with Gasteiger partial charge in [0.05, 0.1) is 119 Å². The molecule has 294 valence electrons. The molecule has 0 spiro atoms. The predicted octanol–water partition coefficient (Wildman–Crippen LogP) is 2.95. The normalized spacial score (nSPS) is 12.1. The van der Waals surface area contributed by atoms with Gasteiger partial charge in [-0.05, 0) is 48.6 Å². The number of carbonyl (C=O) groups is 3. The lowest BCUT2D eigenvalue weighted by Gasteiger charge is -2.28. The van der Waals surface area contributed by atoms with Gasteiger partial charge >= 0.3 is 18.2 Å². The van der Waals surface area contributed by atoms with Crippen molar-refractivity contribution in [1.29, 1.82) is 0 Å². The predicted molar refractivity (Wildman–Crippen MR) is 184 cm³/mol. The van der Waals surface area contributed by atoms with Crippen molar-refractivity contribution in [1.82, 2.24) is 9.80 Å². The Hall–Kier alpha value is -2.41. The second kappa shape index (κ2) is 30.2. The number of methoxy groups -OCH3 is 1. The highest BCUT2D eigenvalue weighted by molar-refractivity contribution is 5.88. The van der Waals surface area contributed by atoms with Crippen LogP contribution in [-0.4, -0.2) is 179 Å². The molecule has 2 amide bonds. The molecule has 0 aromatic rings. The molecule has 0 saturated heterocycles. The SMILES string of the molecule is COC(=O)/C=C/CN(C)CCOCCOCCOCCOCCOCCOCCOCCOCCN(C(=O)OC(C)(C)C)C(=O)OC(C)(C)C. The van der Waals surface area contributed by atoms with Crippen LogP contribution in [0.2, 0.25) is 0 Å². The Bertz CT molecular complexity index is 864. The lowest BCUT2D eigenvalue weighted by molar-refractivity contribution is -0.134. The van der Waals surface area contributed by atoms with Crippen LogP contribution in [0, 0.1) is 0 Å². The van der Waals surface area contributed by atoms with E-state index in [-0.39, 0.29) is 25.7 Å². The molecule has 0 unspecified atom stereocenters. The minimum Gasteiger partial charge on any atom is -0.466 e. The number of nitrogens with zero attached hydrogens (tertiary/aromatic N) is 2. The van der Waals surface area contributed by atoms with Crippen molar-refractivity contribution in [2.45, 2.75) is 52.7 Å². The van der Waals surface area contributed by atoms with Gasteiger partial charge in [0.15, 0.2) is 0 Å². The van der Waals surface area contributed by atoms with E-state index in [0.717, 1.165) is 11.4 Å². The third-order valence-corrected chi connectivity index (χ3v) is 5.78. The molecular weight excluding hydrogens is 660 g/mol. The van der Waals surface area contributed by atoms with E-state index < -0.39 is 23.4 Å². The van der Waals surface area contributed by atoms with Gasteiger partial charge in [0.25, 0.3) is 0 Å². The average Bonchev–Trinajstić information content (AvgIpc) is 3.02. The molecule has 0 aliphatic rings. The van der Waals surface area contributed by atoms with Crippen LogP contribution in [-0.2, 0) is 56.9 Å². The Kier molecular flexibility index (Phi) is 28.8. The first-order valence-corrected chi connectivity index (χ1v) is 17.0. The second-order valence-electron chi connectivity index (χ2n) is 12.7. The van der Waals surface area contributed by atoms with E-state index in [1.807, 2.05) is 11.9 Å². The molecule has 16 nitrogen and oxygen atoms in total. The monoisotopic (exact) mass is 724 g/mol. The van der Waals surface area contributed by atoms with E-state index in [2.05, 4.69) is 4.74 Å². The molecule has 0 N–H and O–H groups in total. The molecular formula is C34H64N2O14. The quantitative estimate of drug-likeness (QED) is 0.0460. The molecule has 0 heterocycles. The van der Waals surface area contributed by atoms with Crippen molar-refractivity contribution < 1.29 is 66.5 Å². The zero-order valence-corrected chi connectivity index (χ0v) is 31.7. The first-order valence-electron chi connectivity index (χ1n) is 17.0. The van der Waals surface area contributed by atoms with Crippen molar-refractivity contribution >= 4 is 18.2 Å². The van der Waals surface area contributed by atoms with Crippen LogP contribution in [0.5, 0.6) is 0 Å². The fourth-order valence-corrected chi connectivity index (χ4v) is 3.40. The van der Waals surface area contributed by atoms with Crippen molar-refractivity contribution in [3.63, 3.8) is 0 Å². The number of carbonyl (C=O) groups excluding carboxylic acids is 3. The van der Waals surface area contributed by atoms with E-state index in [1.165, 1.54) is 13.2 Å². The van der Waals surface area contributed by atoms with Gasteiger partial charge in [0.2, 0.25) is 0 Å². The van der Waals surface area contributed by atoms with Gasteiger partial charge in [0, 0.05) is 19.2 Å². The second-order valence-corrected chi connectivity index (χ2v) is 12.7. The van der Waals surface area contributed by atoms with Gasteiger partial charge in [-0.15, -0.1) is 0 Å². The minimum absolute atomic E-state index is 0.0127. The summed E-state index contributed by atoms with van der Waals surface area (Å²) in [6, 6.07) is 0. The van der Waals surface area contributed by atoms with Crippen LogP contribution in [0.4, 0.5) is 9.59 Å². The maximum absolute atomic E-state index is 12.5. The summed E-state index contributed by atoms with van der Waals surface area (Å²) in [6.45, 7) is 18.5. The van der Waals surface area contributed by atoms with Crippen LogP contribution >= 0.6 is 0 Å². The van der Waals surface area contributed by atoms with Crippen LogP contribution in [0.3, 0.4) is 0 Å². The molecule has 0 bridgehead atoms. The molecule has 0 aliphatic heterocycles. The molecule has 0 saturated carbocycles. The number of rotatable bonds is 30. The maximum atomic E-state index is 12.5. The van der Waals surface area contributed by atoms with Gasteiger partial charge in [-0.2, -0.15) is 0 Å². The summed E-state index contributed by atoms with van der Waals surface area (Å²) in [5.74, 6) is -0.362. The fraction of sp³-hybridized carbons (Fsp3) is 0.853. The van der Waals surface area contributed by atoms with Gasteiger partial charge in [-0.25, -0.2) is 19.3 Å². The summed E-state index contributed by atoms with van der Waals surface area (Å²) < 4.78 is 59.1. The van der Waals surface area contributed by atoms with Crippen molar-refractivity contribution in [2.24, 2.45) is 0 Å². The third-order valence-electron chi connectivity index (χ3n) is 5.78. The van der Waals surface area contributed by atoms with Crippen LogP contribution in [0.25, 0.3) is 0 Å². The lowest BCUT2D eigenvalue weighted by Crippen LogP contribution is -2.45. The summed E-state index contributed by atoms with van der Waals surface area (Å²) in [4.78, 5) is 38.9. The third kappa shape index (κ3) is 32.8.